The monoisotopic (exact) mass is 256 g/mol. The maximum absolute atomic E-state index is 3.44. The molecule has 1 N–H and O–H groups in total. The van der Waals surface area contributed by atoms with Crippen LogP contribution in [-0.2, 0) is 19.5 Å². The van der Waals surface area contributed by atoms with E-state index in [9.17, 15) is 0 Å². The van der Waals surface area contributed by atoms with Crippen molar-refractivity contribution in [1.82, 2.24) is 9.88 Å². The van der Waals surface area contributed by atoms with Gasteiger partial charge in [-0.1, -0.05) is 44.2 Å². The molecule has 0 bridgehead atoms. The normalized spacial score (nSPS) is 11.1. The topological polar surface area (TPSA) is 17.0 Å². The molecule has 2 aromatic rings. The lowest BCUT2D eigenvalue weighted by Gasteiger charge is -2.06. The first-order valence-electron chi connectivity index (χ1n) is 7.16. The van der Waals surface area contributed by atoms with E-state index in [-0.39, 0.29) is 0 Å². The van der Waals surface area contributed by atoms with Crippen molar-refractivity contribution in [2.24, 2.45) is 0 Å². The number of benzene rings is 1. The third kappa shape index (κ3) is 4.92. The van der Waals surface area contributed by atoms with Crippen LogP contribution in [0.1, 0.15) is 31.4 Å². The Morgan fingerprint density at radius 2 is 1.84 bits per heavy atom. The number of rotatable bonds is 7. The largest absolute Gasteiger partial charge is 0.354 e. The van der Waals surface area contributed by atoms with E-state index in [1.165, 1.54) is 17.5 Å². The van der Waals surface area contributed by atoms with Gasteiger partial charge in [0.2, 0.25) is 0 Å². The highest BCUT2D eigenvalue weighted by Crippen LogP contribution is 2.06. The fraction of sp³-hybridized carbons (Fsp3) is 0.412. The molecule has 2 heteroatoms. The summed E-state index contributed by atoms with van der Waals surface area (Å²) >= 11 is 0. The lowest BCUT2D eigenvalue weighted by molar-refractivity contribution is 0.586. The minimum Gasteiger partial charge on any atom is -0.354 e. The first-order chi connectivity index (χ1) is 9.24. The highest BCUT2D eigenvalue weighted by atomic mass is 14.9. The Labute approximate surface area is 116 Å². The van der Waals surface area contributed by atoms with Gasteiger partial charge in [-0.3, -0.25) is 0 Å². The Kier molecular flexibility index (Phi) is 5.22. The molecule has 0 amide bonds. The molecule has 2 nitrogen and oxygen atoms in total. The third-order valence-electron chi connectivity index (χ3n) is 3.25. The summed E-state index contributed by atoms with van der Waals surface area (Å²) < 4.78 is 2.29. The van der Waals surface area contributed by atoms with Crippen LogP contribution in [0.2, 0.25) is 0 Å². The lowest BCUT2D eigenvalue weighted by atomic mass is 10.1. The number of hydrogen-bond acceptors (Lipinski definition) is 1. The molecule has 0 unspecified atom stereocenters. The smallest absolute Gasteiger partial charge is 0.0222 e. The van der Waals surface area contributed by atoms with Crippen LogP contribution in [0.5, 0.6) is 0 Å². The highest BCUT2D eigenvalue weighted by molar-refractivity contribution is 5.14. The molecule has 102 valence electrons. The van der Waals surface area contributed by atoms with Crippen LogP contribution in [0.3, 0.4) is 0 Å². The van der Waals surface area contributed by atoms with Crippen LogP contribution in [0.25, 0.3) is 0 Å². The SMILES string of the molecule is CC(C)NCc1ccn(CCCc2ccccc2)c1. The van der Waals surface area contributed by atoms with Crippen molar-refractivity contribution >= 4 is 0 Å². The van der Waals surface area contributed by atoms with E-state index >= 15 is 0 Å². The summed E-state index contributed by atoms with van der Waals surface area (Å²) in [4.78, 5) is 0. The van der Waals surface area contributed by atoms with E-state index in [1.54, 1.807) is 0 Å². The van der Waals surface area contributed by atoms with Gasteiger partial charge in [0.05, 0.1) is 0 Å². The molecule has 0 radical (unpaired) electrons. The minimum atomic E-state index is 0.543. The summed E-state index contributed by atoms with van der Waals surface area (Å²) in [6.07, 6.45) is 6.77. The van der Waals surface area contributed by atoms with Crippen molar-refractivity contribution in [3.05, 3.63) is 59.9 Å². The Balaban J connectivity index is 1.74. The standard InChI is InChI=1S/C17H24N2/c1-15(2)18-13-17-10-12-19(14-17)11-6-9-16-7-4-3-5-8-16/h3-5,7-8,10,12,14-15,18H,6,9,11,13H2,1-2H3. The van der Waals surface area contributed by atoms with Crippen molar-refractivity contribution in [3.63, 3.8) is 0 Å². The van der Waals surface area contributed by atoms with Crippen molar-refractivity contribution in [2.45, 2.75) is 45.8 Å². The van der Waals surface area contributed by atoms with Gasteiger partial charge in [0.25, 0.3) is 0 Å². The van der Waals surface area contributed by atoms with Gasteiger partial charge in [0, 0.05) is 31.5 Å². The second kappa shape index (κ2) is 7.15. The average molecular weight is 256 g/mol. The maximum atomic E-state index is 3.44. The quantitative estimate of drug-likeness (QED) is 0.800. The van der Waals surface area contributed by atoms with Gasteiger partial charge in [0.15, 0.2) is 0 Å². The zero-order valence-corrected chi connectivity index (χ0v) is 12.0. The van der Waals surface area contributed by atoms with Gasteiger partial charge in [-0.2, -0.15) is 0 Å². The van der Waals surface area contributed by atoms with E-state index in [4.69, 9.17) is 0 Å². The molecule has 0 spiro atoms. The Morgan fingerprint density at radius 1 is 1.05 bits per heavy atom. The van der Waals surface area contributed by atoms with Crippen LogP contribution in [-0.4, -0.2) is 10.6 Å². The molecule has 0 aliphatic rings. The van der Waals surface area contributed by atoms with E-state index in [0.717, 1.165) is 19.5 Å². The van der Waals surface area contributed by atoms with Crippen LogP contribution < -0.4 is 5.32 Å². The summed E-state index contributed by atoms with van der Waals surface area (Å²) in [5, 5.41) is 3.44. The number of nitrogens with one attached hydrogen (secondary N) is 1. The van der Waals surface area contributed by atoms with Crippen LogP contribution in [0, 0.1) is 0 Å². The van der Waals surface area contributed by atoms with Crippen molar-refractivity contribution in [3.8, 4) is 0 Å². The first-order valence-corrected chi connectivity index (χ1v) is 7.16. The maximum Gasteiger partial charge on any atom is 0.0222 e. The predicted molar refractivity (Wildman–Crippen MR) is 81.2 cm³/mol. The summed E-state index contributed by atoms with van der Waals surface area (Å²) in [6.45, 7) is 6.41. The molecule has 0 saturated carbocycles. The molecule has 19 heavy (non-hydrogen) atoms. The average Bonchev–Trinajstić information content (AvgIpc) is 2.86. The Morgan fingerprint density at radius 3 is 2.58 bits per heavy atom. The van der Waals surface area contributed by atoms with Crippen LogP contribution in [0.4, 0.5) is 0 Å². The molecule has 0 atom stereocenters. The Bertz CT molecular complexity index is 471. The van der Waals surface area contributed by atoms with Gasteiger partial charge in [-0.15, -0.1) is 0 Å². The zero-order chi connectivity index (χ0) is 13.5. The van der Waals surface area contributed by atoms with Gasteiger partial charge in [-0.25, -0.2) is 0 Å². The molecule has 1 aromatic heterocycles. The summed E-state index contributed by atoms with van der Waals surface area (Å²) in [5.74, 6) is 0. The molecular weight excluding hydrogens is 232 g/mol. The summed E-state index contributed by atoms with van der Waals surface area (Å²) in [7, 11) is 0. The minimum absolute atomic E-state index is 0.543. The molecule has 2 rings (SSSR count). The third-order valence-corrected chi connectivity index (χ3v) is 3.25. The molecule has 0 aliphatic carbocycles. The van der Waals surface area contributed by atoms with E-state index in [0.29, 0.717) is 6.04 Å². The summed E-state index contributed by atoms with van der Waals surface area (Å²) in [6, 6.07) is 13.4. The van der Waals surface area contributed by atoms with E-state index in [1.807, 2.05) is 0 Å². The van der Waals surface area contributed by atoms with Crippen molar-refractivity contribution in [2.75, 3.05) is 0 Å². The van der Waals surface area contributed by atoms with E-state index < -0.39 is 0 Å². The molecule has 0 aliphatic heterocycles. The fourth-order valence-electron chi connectivity index (χ4n) is 2.17. The van der Waals surface area contributed by atoms with Crippen molar-refractivity contribution in [1.29, 1.82) is 0 Å². The molecule has 1 heterocycles. The van der Waals surface area contributed by atoms with Gasteiger partial charge < -0.3 is 9.88 Å². The van der Waals surface area contributed by atoms with Crippen LogP contribution >= 0.6 is 0 Å². The van der Waals surface area contributed by atoms with Gasteiger partial charge in [0.1, 0.15) is 0 Å². The second-order valence-electron chi connectivity index (χ2n) is 5.38. The molecule has 0 fully saturated rings. The lowest BCUT2D eigenvalue weighted by Crippen LogP contribution is -2.21. The first kappa shape index (κ1) is 13.9. The number of aryl methyl sites for hydroxylation is 2. The highest BCUT2D eigenvalue weighted by Gasteiger charge is 1.99. The zero-order valence-electron chi connectivity index (χ0n) is 12.0. The molecular formula is C17H24N2. The molecule has 0 saturated heterocycles. The van der Waals surface area contributed by atoms with Crippen molar-refractivity contribution < 1.29 is 0 Å². The summed E-state index contributed by atoms with van der Waals surface area (Å²) in [5.41, 5.74) is 2.80. The number of aromatic nitrogens is 1. The van der Waals surface area contributed by atoms with E-state index in [2.05, 4.69) is 72.5 Å². The predicted octanol–water partition coefficient (Wildman–Crippen LogP) is 3.62. The van der Waals surface area contributed by atoms with Gasteiger partial charge >= 0.3 is 0 Å². The number of hydrogen-bond donors (Lipinski definition) is 1. The van der Waals surface area contributed by atoms with Gasteiger partial charge in [-0.05, 0) is 30.0 Å². The Hall–Kier alpha value is -1.54. The van der Waals surface area contributed by atoms with Crippen LogP contribution in [0.15, 0.2) is 48.8 Å². The molecule has 1 aromatic carbocycles. The number of nitrogens with zero attached hydrogens (tertiary/aromatic N) is 1. The second-order valence-corrected chi connectivity index (χ2v) is 5.38. The fourth-order valence-corrected chi connectivity index (χ4v) is 2.17.